The summed E-state index contributed by atoms with van der Waals surface area (Å²) in [6.07, 6.45) is 2.42. The zero-order chi connectivity index (χ0) is 16.3. The van der Waals surface area contributed by atoms with Crippen LogP contribution >= 0.6 is 0 Å². The second-order valence-corrected chi connectivity index (χ2v) is 6.73. The first-order valence-corrected chi connectivity index (χ1v) is 9.28. The summed E-state index contributed by atoms with van der Waals surface area (Å²) < 4.78 is 11.0. The summed E-state index contributed by atoms with van der Waals surface area (Å²) in [6.45, 7) is 16.4. The Hall–Kier alpha value is -0.240. The Labute approximate surface area is 142 Å². The Morgan fingerprint density at radius 1 is 0.696 bits per heavy atom. The first-order chi connectivity index (χ1) is 11.3. The molecule has 2 fully saturated rings. The van der Waals surface area contributed by atoms with E-state index in [2.05, 4.69) is 26.5 Å². The number of rotatable bonds is 10. The molecule has 2 rings (SSSR count). The number of hydrogen-bond acceptors (Lipinski definition) is 6. The molecular formula is C17H36N4O2. The second kappa shape index (κ2) is 11.3. The highest BCUT2D eigenvalue weighted by molar-refractivity contribution is 4.71. The van der Waals surface area contributed by atoms with Crippen LogP contribution in [0.4, 0.5) is 0 Å². The van der Waals surface area contributed by atoms with Crippen LogP contribution in [0, 0.1) is 0 Å². The Kier molecular flexibility index (Phi) is 9.41. The van der Waals surface area contributed by atoms with Crippen LogP contribution in [-0.4, -0.2) is 112 Å². The molecule has 0 aromatic carbocycles. The molecule has 0 atom stereocenters. The Bertz CT molecular complexity index is 262. The van der Waals surface area contributed by atoms with Gasteiger partial charge < -0.3 is 19.3 Å². The molecule has 6 nitrogen and oxygen atoms in total. The quantitative estimate of drug-likeness (QED) is 0.546. The van der Waals surface area contributed by atoms with E-state index < -0.39 is 0 Å². The standard InChI is InChI=1S/C17H36N4O2/c1-3-5-18-7-9-19(10-8-18)6-4-15-23-17-21-13-11-20(12-14-21)16-22-2/h3-17H2,1-2H3. The molecule has 0 bridgehead atoms. The van der Waals surface area contributed by atoms with Crippen LogP contribution in [0.2, 0.25) is 0 Å². The van der Waals surface area contributed by atoms with Gasteiger partial charge in [0, 0.05) is 72.6 Å². The lowest BCUT2D eigenvalue weighted by molar-refractivity contribution is -0.0243. The Morgan fingerprint density at radius 2 is 1.22 bits per heavy atom. The van der Waals surface area contributed by atoms with Crippen LogP contribution in [0.3, 0.4) is 0 Å². The van der Waals surface area contributed by atoms with Gasteiger partial charge in [-0.25, -0.2) is 0 Å². The molecule has 136 valence electrons. The van der Waals surface area contributed by atoms with Crippen molar-refractivity contribution in [3.63, 3.8) is 0 Å². The van der Waals surface area contributed by atoms with Crippen molar-refractivity contribution in [2.24, 2.45) is 0 Å². The third-order valence-electron chi connectivity index (χ3n) is 4.82. The van der Waals surface area contributed by atoms with Crippen LogP contribution in [0.15, 0.2) is 0 Å². The van der Waals surface area contributed by atoms with E-state index in [1.54, 1.807) is 7.11 Å². The van der Waals surface area contributed by atoms with Gasteiger partial charge in [0.1, 0.15) is 0 Å². The fourth-order valence-electron chi connectivity index (χ4n) is 3.37. The van der Waals surface area contributed by atoms with Crippen molar-refractivity contribution >= 4 is 0 Å². The van der Waals surface area contributed by atoms with Gasteiger partial charge >= 0.3 is 0 Å². The van der Waals surface area contributed by atoms with Crippen molar-refractivity contribution in [1.29, 1.82) is 0 Å². The largest absolute Gasteiger partial charge is 0.369 e. The van der Waals surface area contributed by atoms with Gasteiger partial charge in [-0.2, -0.15) is 0 Å². The van der Waals surface area contributed by atoms with Crippen molar-refractivity contribution in [3.8, 4) is 0 Å². The van der Waals surface area contributed by atoms with E-state index in [0.717, 1.165) is 52.7 Å². The van der Waals surface area contributed by atoms with Crippen LogP contribution in [0.5, 0.6) is 0 Å². The SMILES string of the molecule is CCCN1CCN(CCCOCN2CCN(COC)CC2)CC1. The summed E-state index contributed by atoms with van der Waals surface area (Å²) in [5.41, 5.74) is 0. The maximum Gasteiger partial charge on any atom is 0.0991 e. The number of ether oxygens (including phenoxy) is 2. The monoisotopic (exact) mass is 328 g/mol. The molecule has 6 heteroatoms. The van der Waals surface area contributed by atoms with E-state index in [4.69, 9.17) is 9.47 Å². The molecule has 0 radical (unpaired) electrons. The third-order valence-corrected chi connectivity index (χ3v) is 4.82. The van der Waals surface area contributed by atoms with Crippen molar-refractivity contribution in [2.75, 3.05) is 92.6 Å². The van der Waals surface area contributed by atoms with E-state index in [1.807, 2.05) is 0 Å². The molecule has 0 amide bonds. The number of methoxy groups -OCH3 is 1. The summed E-state index contributed by atoms with van der Waals surface area (Å²) >= 11 is 0. The normalized spacial score (nSPS) is 22.7. The zero-order valence-corrected chi connectivity index (χ0v) is 15.2. The molecule has 0 spiro atoms. The summed E-state index contributed by atoms with van der Waals surface area (Å²) in [5.74, 6) is 0. The van der Waals surface area contributed by atoms with E-state index >= 15 is 0 Å². The molecule has 23 heavy (non-hydrogen) atoms. The van der Waals surface area contributed by atoms with Gasteiger partial charge in [-0.1, -0.05) is 6.92 Å². The molecular weight excluding hydrogens is 292 g/mol. The fourth-order valence-corrected chi connectivity index (χ4v) is 3.37. The minimum Gasteiger partial charge on any atom is -0.369 e. The first-order valence-electron chi connectivity index (χ1n) is 9.28. The Balaban J connectivity index is 1.43. The van der Waals surface area contributed by atoms with Crippen LogP contribution in [0.25, 0.3) is 0 Å². The minimum absolute atomic E-state index is 0.750. The van der Waals surface area contributed by atoms with Crippen molar-refractivity contribution in [2.45, 2.75) is 19.8 Å². The van der Waals surface area contributed by atoms with Gasteiger partial charge in [-0.05, 0) is 19.4 Å². The first kappa shape index (κ1) is 19.1. The summed E-state index contributed by atoms with van der Waals surface area (Å²) in [6, 6.07) is 0. The van der Waals surface area contributed by atoms with Gasteiger partial charge in [-0.3, -0.25) is 9.80 Å². The average molecular weight is 329 g/mol. The van der Waals surface area contributed by atoms with E-state index in [1.165, 1.54) is 45.7 Å². The Morgan fingerprint density at radius 3 is 1.78 bits per heavy atom. The smallest absolute Gasteiger partial charge is 0.0991 e. The van der Waals surface area contributed by atoms with Gasteiger partial charge in [0.25, 0.3) is 0 Å². The lowest BCUT2D eigenvalue weighted by atomic mass is 10.3. The van der Waals surface area contributed by atoms with Gasteiger partial charge in [0.15, 0.2) is 0 Å². The maximum atomic E-state index is 5.86. The van der Waals surface area contributed by atoms with Crippen LogP contribution in [0.1, 0.15) is 19.8 Å². The minimum atomic E-state index is 0.750. The van der Waals surface area contributed by atoms with Crippen LogP contribution < -0.4 is 0 Å². The predicted octanol–water partition coefficient (Wildman–Crippen LogP) is 0.600. The average Bonchev–Trinajstić information content (AvgIpc) is 2.58. The third kappa shape index (κ3) is 7.45. The van der Waals surface area contributed by atoms with Crippen molar-refractivity contribution < 1.29 is 9.47 Å². The fraction of sp³-hybridized carbons (Fsp3) is 1.00. The maximum absolute atomic E-state index is 5.86. The number of hydrogen-bond donors (Lipinski definition) is 0. The predicted molar refractivity (Wildman–Crippen MR) is 93.6 cm³/mol. The lowest BCUT2D eigenvalue weighted by Crippen LogP contribution is -2.47. The van der Waals surface area contributed by atoms with Crippen LogP contribution in [-0.2, 0) is 9.47 Å². The molecule has 2 aliphatic rings. The topological polar surface area (TPSA) is 31.4 Å². The molecule has 0 unspecified atom stereocenters. The van der Waals surface area contributed by atoms with Gasteiger partial charge in [-0.15, -0.1) is 0 Å². The molecule has 2 heterocycles. The molecule has 0 aromatic rings. The molecule has 0 aliphatic carbocycles. The van der Waals surface area contributed by atoms with Gasteiger partial charge in [0.05, 0.1) is 13.5 Å². The highest BCUT2D eigenvalue weighted by Crippen LogP contribution is 2.04. The highest BCUT2D eigenvalue weighted by atomic mass is 16.5. The number of piperazine rings is 2. The molecule has 2 saturated heterocycles. The second-order valence-electron chi connectivity index (χ2n) is 6.73. The summed E-state index contributed by atoms with van der Waals surface area (Å²) in [7, 11) is 1.76. The zero-order valence-electron chi connectivity index (χ0n) is 15.2. The van der Waals surface area contributed by atoms with Crippen molar-refractivity contribution in [3.05, 3.63) is 0 Å². The van der Waals surface area contributed by atoms with E-state index in [0.29, 0.717) is 0 Å². The number of nitrogens with zero attached hydrogens (tertiary/aromatic N) is 4. The molecule has 0 N–H and O–H groups in total. The summed E-state index contributed by atoms with van der Waals surface area (Å²) in [5, 5.41) is 0. The van der Waals surface area contributed by atoms with Gasteiger partial charge in [0.2, 0.25) is 0 Å². The van der Waals surface area contributed by atoms with Crippen molar-refractivity contribution in [1.82, 2.24) is 19.6 Å². The van der Waals surface area contributed by atoms with E-state index in [9.17, 15) is 0 Å². The lowest BCUT2D eigenvalue weighted by Gasteiger charge is -2.35. The molecule has 0 aromatic heterocycles. The summed E-state index contributed by atoms with van der Waals surface area (Å²) in [4.78, 5) is 9.90. The molecule has 0 saturated carbocycles. The molecule has 2 aliphatic heterocycles. The highest BCUT2D eigenvalue weighted by Gasteiger charge is 2.17. The van der Waals surface area contributed by atoms with E-state index in [-0.39, 0.29) is 0 Å².